The number of nitrogens with one attached hydrogen (secondary N) is 1. The molecule has 3 heteroatoms. The van der Waals surface area contributed by atoms with Crippen LogP contribution in [0.5, 0.6) is 0 Å². The maximum atomic E-state index is 3.44. The van der Waals surface area contributed by atoms with Gasteiger partial charge in [0.2, 0.25) is 0 Å². The summed E-state index contributed by atoms with van der Waals surface area (Å²) in [6.07, 6.45) is 2.62. The molecule has 1 aliphatic rings. The molecule has 1 fully saturated rings. The molecule has 0 aliphatic carbocycles. The fourth-order valence-corrected chi connectivity index (χ4v) is 2.91. The van der Waals surface area contributed by atoms with Crippen molar-refractivity contribution in [2.45, 2.75) is 26.3 Å². The van der Waals surface area contributed by atoms with Crippen molar-refractivity contribution in [2.24, 2.45) is 5.92 Å². The molecule has 0 unspecified atom stereocenters. The van der Waals surface area contributed by atoms with Gasteiger partial charge in [-0.2, -0.15) is 0 Å². The van der Waals surface area contributed by atoms with Crippen LogP contribution in [0.25, 0.3) is 10.9 Å². The first-order valence-corrected chi connectivity index (χ1v) is 6.60. The summed E-state index contributed by atoms with van der Waals surface area (Å²) in [7, 11) is 0. The predicted octanol–water partition coefficient (Wildman–Crippen LogP) is 3.37. The number of fused-ring (bicyclic) bond motifs is 1. The van der Waals surface area contributed by atoms with Gasteiger partial charge in [0.1, 0.15) is 0 Å². The van der Waals surface area contributed by atoms with E-state index >= 15 is 0 Å². The minimum Gasteiger partial charge on any atom is -0.345 e. The molecule has 0 radical (unpaired) electrons. The second kappa shape index (κ2) is 5.77. The largest absolute Gasteiger partial charge is 0.345 e. The lowest BCUT2D eigenvalue weighted by Crippen LogP contribution is -2.30. The molecule has 1 aliphatic heterocycles. The highest BCUT2D eigenvalue weighted by Crippen LogP contribution is 2.23. The summed E-state index contributed by atoms with van der Waals surface area (Å²) >= 11 is 0. The number of aryl methyl sites for hydroxylation is 1. The van der Waals surface area contributed by atoms with Gasteiger partial charge in [-0.15, -0.1) is 12.4 Å². The van der Waals surface area contributed by atoms with Crippen LogP contribution in [0.4, 0.5) is 0 Å². The Kier molecular flexibility index (Phi) is 4.31. The van der Waals surface area contributed by atoms with Gasteiger partial charge in [0, 0.05) is 17.8 Å². The van der Waals surface area contributed by atoms with Crippen molar-refractivity contribution < 1.29 is 0 Å². The van der Waals surface area contributed by atoms with E-state index in [1.807, 2.05) is 0 Å². The van der Waals surface area contributed by atoms with E-state index in [1.54, 1.807) is 0 Å². The number of para-hydroxylation sites is 1. The number of halogens is 1. The van der Waals surface area contributed by atoms with Crippen LogP contribution in [0.3, 0.4) is 0 Å². The van der Waals surface area contributed by atoms with Crippen LogP contribution in [0.2, 0.25) is 0 Å². The minimum absolute atomic E-state index is 0. The average Bonchev–Trinajstić information content (AvgIpc) is 2.68. The molecule has 1 aromatic heterocycles. The van der Waals surface area contributed by atoms with Crippen molar-refractivity contribution in [3.8, 4) is 0 Å². The van der Waals surface area contributed by atoms with E-state index in [-0.39, 0.29) is 12.4 Å². The quantitative estimate of drug-likeness (QED) is 0.880. The molecule has 2 aromatic rings. The molecule has 2 heterocycles. The summed E-state index contributed by atoms with van der Waals surface area (Å²) in [6, 6.07) is 11.0. The smallest absolute Gasteiger partial charge is 0.0482 e. The van der Waals surface area contributed by atoms with Crippen LogP contribution in [-0.4, -0.2) is 17.7 Å². The molecule has 18 heavy (non-hydrogen) atoms. The lowest BCUT2D eigenvalue weighted by atomic mass is 9.98. The number of hydrogen-bond donors (Lipinski definition) is 1. The van der Waals surface area contributed by atoms with Crippen molar-refractivity contribution in [1.29, 1.82) is 0 Å². The molecule has 98 valence electrons. The van der Waals surface area contributed by atoms with Crippen LogP contribution in [0.1, 0.15) is 18.5 Å². The second-order valence-corrected chi connectivity index (χ2v) is 5.15. The maximum Gasteiger partial charge on any atom is 0.0482 e. The van der Waals surface area contributed by atoms with Gasteiger partial charge < -0.3 is 9.88 Å². The molecule has 3 rings (SSSR count). The second-order valence-electron chi connectivity index (χ2n) is 5.15. The van der Waals surface area contributed by atoms with Crippen LogP contribution in [-0.2, 0) is 6.54 Å². The van der Waals surface area contributed by atoms with E-state index < -0.39 is 0 Å². The lowest BCUT2D eigenvalue weighted by molar-refractivity contribution is 0.335. The number of nitrogens with zero attached hydrogens (tertiary/aromatic N) is 1. The van der Waals surface area contributed by atoms with Crippen molar-refractivity contribution in [3.05, 3.63) is 36.0 Å². The fourth-order valence-electron chi connectivity index (χ4n) is 2.91. The number of benzene rings is 1. The Morgan fingerprint density at radius 1 is 1.22 bits per heavy atom. The first-order chi connectivity index (χ1) is 8.34. The summed E-state index contributed by atoms with van der Waals surface area (Å²) in [5.41, 5.74) is 2.79. The molecule has 0 spiro atoms. The van der Waals surface area contributed by atoms with Crippen LogP contribution in [0.15, 0.2) is 30.3 Å². The van der Waals surface area contributed by atoms with E-state index in [9.17, 15) is 0 Å². The third-order valence-electron chi connectivity index (χ3n) is 3.92. The van der Waals surface area contributed by atoms with Gasteiger partial charge in [0.05, 0.1) is 0 Å². The summed E-state index contributed by atoms with van der Waals surface area (Å²) in [5.74, 6) is 0.839. The van der Waals surface area contributed by atoms with Gasteiger partial charge in [-0.3, -0.25) is 0 Å². The van der Waals surface area contributed by atoms with Gasteiger partial charge >= 0.3 is 0 Å². The Bertz CT molecular complexity index is 512. The molecule has 0 saturated carbocycles. The fraction of sp³-hybridized carbons (Fsp3) is 0.467. The predicted molar refractivity (Wildman–Crippen MR) is 79.5 cm³/mol. The standard InChI is InChI=1S/C15H20N2.ClH/c1-12-10-14-4-2-3-5-15(14)17(12)11-13-6-8-16-9-7-13;/h2-5,10,13,16H,6-9,11H2,1H3;1H. The van der Waals surface area contributed by atoms with Crippen LogP contribution < -0.4 is 5.32 Å². The first-order valence-electron chi connectivity index (χ1n) is 6.60. The molecular formula is C15H21ClN2. The SMILES string of the molecule is Cc1cc2ccccc2n1CC1CCNCC1.Cl. The zero-order valence-electron chi connectivity index (χ0n) is 10.9. The highest BCUT2D eigenvalue weighted by Gasteiger charge is 2.15. The van der Waals surface area contributed by atoms with Crippen molar-refractivity contribution in [2.75, 3.05) is 13.1 Å². The minimum atomic E-state index is 0. The topological polar surface area (TPSA) is 17.0 Å². The van der Waals surface area contributed by atoms with Crippen LogP contribution >= 0.6 is 12.4 Å². The zero-order valence-corrected chi connectivity index (χ0v) is 11.7. The Morgan fingerprint density at radius 3 is 2.72 bits per heavy atom. The molecular weight excluding hydrogens is 244 g/mol. The van der Waals surface area contributed by atoms with Gasteiger partial charge in [0.25, 0.3) is 0 Å². The normalized spacial score (nSPS) is 16.7. The van der Waals surface area contributed by atoms with Gasteiger partial charge in [-0.05, 0) is 56.3 Å². The summed E-state index contributed by atoms with van der Waals surface area (Å²) in [6.45, 7) is 5.77. The van der Waals surface area contributed by atoms with E-state index in [0.717, 1.165) is 5.92 Å². The average molecular weight is 265 g/mol. The summed E-state index contributed by atoms with van der Waals surface area (Å²) in [4.78, 5) is 0. The maximum absolute atomic E-state index is 3.44. The summed E-state index contributed by atoms with van der Waals surface area (Å²) in [5, 5.41) is 4.81. The third-order valence-corrected chi connectivity index (χ3v) is 3.92. The Balaban J connectivity index is 0.00000120. The molecule has 1 saturated heterocycles. The molecule has 0 atom stereocenters. The lowest BCUT2D eigenvalue weighted by Gasteiger charge is -2.24. The van der Waals surface area contributed by atoms with E-state index in [2.05, 4.69) is 47.1 Å². The van der Waals surface area contributed by atoms with Crippen molar-refractivity contribution >= 4 is 23.3 Å². The zero-order chi connectivity index (χ0) is 11.7. The van der Waals surface area contributed by atoms with Crippen LogP contribution in [0, 0.1) is 12.8 Å². The molecule has 1 N–H and O–H groups in total. The number of aromatic nitrogens is 1. The number of rotatable bonds is 2. The van der Waals surface area contributed by atoms with E-state index in [4.69, 9.17) is 0 Å². The van der Waals surface area contributed by atoms with Gasteiger partial charge in [0.15, 0.2) is 0 Å². The number of hydrogen-bond acceptors (Lipinski definition) is 1. The Morgan fingerprint density at radius 2 is 1.94 bits per heavy atom. The highest BCUT2D eigenvalue weighted by molar-refractivity contribution is 5.85. The third kappa shape index (κ3) is 2.55. The van der Waals surface area contributed by atoms with E-state index in [0.29, 0.717) is 0 Å². The Hall–Kier alpha value is -0.990. The molecule has 0 amide bonds. The van der Waals surface area contributed by atoms with Gasteiger partial charge in [-0.1, -0.05) is 18.2 Å². The monoisotopic (exact) mass is 264 g/mol. The first kappa shape index (κ1) is 13.4. The highest BCUT2D eigenvalue weighted by atomic mass is 35.5. The molecule has 0 bridgehead atoms. The van der Waals surface area contributed by atoms with Gasteiger partial charge in [-0.25, -0.2) is 0 Å². The van der Waals surface area contributed by atoms with Crippen molar-refractivity contribution in [1.82, 2.24) is 9.88 Å². The summed E-state index contributed by atoms with van der Waals surface area (Å²) < 4.78 is 2.49. The van der Waals surface area contributed by atoms with E-state index in [1.165, 1.54) is 49.1 Å². The van der Waals surface area contributed by atoms with Crippen molar-refractivity contribution in [3.63, 3.8) is 0 Å². The number of piperidine rings is 1. The Labute approximate surface area is 115 Å². The molecule has 1 aromatic carbocycles. The molecule has 2 nitrogen and oxygen atoms in total.